The maximum Gasteiger partial charge on any atom is 0.408 e. The minimum atomic E-state index is -0.920. The minimum Gasteiger partial charge on any atom is -0.508 e. The molecule has 2 rings (SSSR count). The van der Waals surface area contributed by atoms with Crippen LogP contribution in [0.5, 0.6) is 5.75 Å². The average molecular weight is 568 g/mol. The van der Waals surface area contributed by atoms with Crippen molar-refractivity contribution in [2.45, 2.75) is 104 Å². The van der Waals surface area contributed by atoms with E-state index in [2.05, 4.69) is 10.6 Å². The summed E-state index contributed by atoms with van der Waals surface area (Å²) in [5, 5.41) is 16.1. The summed E-state index contributed by atoms with van der Waals surface area (Å²) in [6, 6.07) is 13.0. The van der Waals surface area contributed by atoms with Gasteiger partial charge < -0.3 is 25.4 Å². The van der Waals surface area contributed by atoms with Crippen LogP contribution in [0.4, 0.5) is 4.79 Å². The molecule has 3 unspecified atom stereocenters. The molecule has 2 aromatic carbocycles. The van der Waals surface area contributed by atoms with Crippen LogP contribution >= 0.6 is 0 Å². The third-order valence-corrected chi connectivity index (χ3v) is 6.74. The van der Waals surface area contributed by atoms with Crippen molar-refractivity contribution >= 4 is 17.9 Å². The maximum atomic E-state index is 13.8. The summed E-state index contributed by atoms with van der Waals surface area (Å²) in [5.74, 6) is -0.581. The van der Waals surface area contributed by atoms with Gasteiger partial charge >= 0.3 is 6.09 Å². The van der Waals surface area contributed by atoms with E-state index in [9.17, 15) is 19.5 Å². The van der Waals surface area contributed by atoms with Gasteiger partial charge in [0.25, 0.3) is 0 Å². The van der Waals surface area contributed by atoms with Crippen molar-refractivity contribution in [3.8, 4) is 5.75 Å². The van der Waals surface area contributed by atoms with Crippen molar-refractivity contribution < 1.29 is 24.2 Å². The normalized spacial score (nSPS) is 14.1. The molecular formula is C33H49N3O5. The molecule has 0 fully saturated rings. The zero-order chi connectivity index (χ0) is 31.1. The van der Waals surface area contributed by atoms with Crippen LogP contribution in [0.3, 0.4) is 0 Å². The number of hydrogen-bond acceptors (Lipinski definition) is 5. The Bertz CT molecular complexity index is 1180. The molecule has 0 aliphatic heterocycles. The van der Waals surface area contributed by atoms with E-state index in [0.717, 1.165) is 16.7 Å². The smallest absolute Gasteiger partial charge is 0.408 e. The molecule has 3 atom stereocenters. The number of amides is 3. The first-order valence-corrected chi connectivity index (χ1v) is 14.3. The van der Waals surface area contributed by atoms with Crippen LogP contribution < -0.4 is 10.6 Å². The topological polar surface area (TPSA) is 108 Å². The Morgan fingerprint density at radius 2 is 1.49 bits per heavy atom. The zero-order valence-electron chi connectivity index (χ0n) is 26.4. The van der Waals surface area contributed by atoms with Gasteiger partial charge in [-0.2, -0.15) is 0 Å². The lowest BCUT2D eigenvalue weighted by atomic mass is 9.85. The van der Waals surface area contributed by atoms with E-state index < -0.39 is 23.8 Å². The fourth-order valence-electron chi connectivity index (χ4n) is 4.85. The van der Waals surface area contributed by atoms with Gasteiger partial charge in [0.05, 0.1) is 0 Å². The molecule has 0 heterocycles. The van der Waals surface area contributed by atoms with Gasteiger partial charge in [0.15, 0.2) is 0 Å². The van der Waals surface area contributed by atoms with Crippen LogP contribution in [-0.2, 0) is 32.6 Å². The number of alkyl carbamates (subject to hydrolysis) is 1. The van der Waals surface area contributed by atoms with E-state index in [4.69, 9.17) is 4.74 Å². The van der Waals surface area contributed by atoms with Crippen LogP contribution in [0.1, 0.15) is 79.0 Å². The second-order valence-electron chi connectivity index (χ2n) is 13.2. The van der Waals surface area contributed by atoms with Crippen molar-refractivity contribution in [1.82, 2.24) is 15.5 Å². The molecule has 3 N–H and O–H groups in total. The summed E-state index contributed by atoms with van der Waals surface area (Å²) in [6.07, 6.45) is 0.125. The Morgan fingerprint density at radius 3 is 2.02 bits per heavy atom. The van der Waals surface area contributed by atoms with E-state index in [1.165, 1.54) is 4.90 Å². The first-order valence-electron chi connectivity index (χ1n) is 14.3. The highest BCUT2D eigenvalue weighted by atomic mass is 16.6. The van der Waals surface area contributed by atoms with Crippen molar-refractivity contribution in [3.63, 3.8) is 0 Å². The Kier molecular flexibility index (Phi) is 11.4. The van der Waals surface area contributed by atoms with E-state index in [1.807, 2.05) is 84.0 Å². The van der Waals surface area contributed by atoms with Gasteiger partial charge in [-0.25, -0.2) is 4.79 Å². The molecule has 41 heavy (non-hydrogen) atoms. The highest BCUT2D eigenvalue weighted by Gasteiger charge is 2.35. The van der Waals surface area contributed by atoms with Gasteiger partial charge in [-0.05, 0) is 68.2 Å². The predicted molar refractivity (Wildman–Crippen MR) is 163 cm³/mol. The molecule has 0 spiro atoms. The maximum absolute atomic E-state index is 13.8. The first kappa shape index (κ1) is 33.7. The second kappa shape index (κ2) is 13.9. The Balaban J connectivity index is 2.21. The average Bonchev–Trinajstić information content (AvgIpc) is 2.82. The highest BCUT2D eigenvalue weighted by Crippen LogP contribution is 2.31. The molecular weight excluding hydrogens is 518 g/mol. The number of carbonyl (C=O) groups is 3. The van der Waals surface area contributed by atoms with E-state index in [-0.39, 0.29) is 41.4 Å². The standard InChI is InChI=1S/C33H49N3O5/c1-21(2)28(29(38)34-22(3)18-24-16-17-27(37)25(19-24)32(4,5)6)36(10)30(39)26(20-23-14-12-11-13-15-23)35-31(40)41-33(7,8)9/h11-17,19,21-22,26,28,37H,18,20H2,1-10H3,(H,34,38)(H,35,40). The minimum absolute atomic E-state index is 0.184. The van der Waals surface area contributed by atoms with Crippen LogP contribution in [0.2, 0.25) is 0 Å². The SMILES string of the molecule is CC(Cc1ccc(O)c(C(C)(C)C)c1)NC(=O)C(C(C)C)N(C)C(=O)C(Cc1ccccc1)NC(=O)OC(C)(C)C. The second-order valence-corrected chi connectivity index (χ2v) is 13.2. The number of hydrogen-bond donors (Lipinski definition) is 3. The number of likely N-dealkylation sites (N-methyl/N-ethyl adjacent to an activating group) is 1. The van der Waals surface area contributed by atoms with E-state index in [1.54, 1.807) is 33.9 Å². The van der Waals surface area contributed by atoms with Crippen molar-refractivity contribution in [3.05, 3.63) is 65.2 Å². The summed E-state index contributed by atoms with van der Waals surface area (Å²) < 4.78 is 5.42. The number of carbonyl (C=O) groups excluding carboxylic acids is 3. The molecule has 3 amide bonds. The zero-order valence-corrected chi connectivity index (χ0v) is 26.4. The summed E-state index contributed by atoms with van der Waals surface area (Å²) in [7, 11) is 1.60. The van der Waals surface area contributed by atoms with Crippen LogP contribution in [-0.4, -0.2) is 58.7 Å². The predicted octanol–water partition coefficient (Wildman–Crippen LogP) is 5.36. The molecule has 8 nitrogen and oxygen atoms in total. The summed E-state index contributed by atoms with van der Waals surface area (Å²) in [4.78, 5) is 41.4. The summed E-state index contributed by atoms with van der Waals surface area (Å²) in [6.45, 7) is 17.1. The number of nitrogens with zero attached hydrogens (tertiary/aromatic N) is 1. The number of aromatic hydroxyl groups is 1. The van der Waals surface area contributed by atoms with Gasteiger partial charge in [-0.15, -0.1) is 0 Å². The molecule has 0 aliphatic carbocycles. The number of benzene rings is 2. The Labute approximate surface area is 245 Å². The molecule has 8 heteroatoms. The Hall–Kier alpha value is -3.55. The molecule has 0 bridgehead atoms. The molecule has 0 saturated heterocycles. The van der Waals surface area contributed by atoms with E-state index >= 15 is 0 Å². The molecule has 0 aliphatic rings. The number of phenolic OH excluding ortho intramolecular Hbond substituents is 1. The number of rotatable bonds is 10. The van der Waals surface area contributed by atoms with Crippen LogP contribution in [0.25, 0.3) is 0 Å². The summed E-state index contributed by atoms with van der Waals surface area (Å²) >= 11 is 0. The number of ether oxygens (including phenoxy) is 1. The number of phenols is 1. The van der Waals surface area contributed by atoms with Crippen LogP contribution in [0.15, 0.2) is 48.5 Å². The Morgan fingerprint density at radius 1 is 0.878 bits per heavy atom. The van der Waals surface area contributed by atoms with Gasteiger partial charge in [0.2, 0.25) is 11.8 Å². The molecule has 226 valence electrons. The fourth-order valence-corrected chi connectivity index (χ4v) is 4.85. The lowest BCUT2D eigenvalue weighted by molar-refractivity contribution is -0.142. The molecule has 0 aromatic heterocycles. The van der Waals surface area contributed by atoms with Gasteiger partial charge in [-0.3, -0.25) is 9.59 Å². The van der Waals surface area contributed by atoms with Crippen molar-refractivity contribution in [2.75, 3.05) is 7.05 Å². The largest absolute Gasteiger partial charge is 0.508 e. The van der Waals surface area contributed by atoms with E-state index in [0.29, 0.717) is 6.42 Å². The fraction of sp³-hybridized carbons (Fsp3) is 0.545. The lowest BCUT2D eigenvalue weighted by Crippen LogP contribution is -2.57. The lowest BCUT2D eigenvalue weighted by Gasteiger charge is -2.34. The molecule has 0 saturated carbocycles. The monoisotopic (exact) mass is 567 g/mol. The summed E-state index contributed by atoms with van der Waals surface area (Å²) in [5.41, 5.74) is 1.77. The van der Waals surface area contributed by atoms with Crippen molar-refractivity contribution in [2.24, 2.45) is 5.92 Å². The highest BCUT2D eigenvalue weighted by molar-refractivity contribution is 5.91. The quantitative estimate of drug-likeness (QED) is 0.358. The molecule has 2 aromatic rings. The number of nitrogens with one attached hydrogen (secondary N) is 2. The van der Waals surface area contributed by atoms with Gasteiger partial charge in [0, 0.05) is 19.5 Å². The third kappa shape index (κ3) is 10.4. The van der Waals surface area contributed by atoms with Crippen molar-refractivity contribution in [1.29, 1.82) is 0 Å². The molecule has 0 radical (unpaired) electrons. The van der Waals surface area contributed by atoms with Gasteiger partial charge in [0.1, 0.15) is 23.4 Å². The first-order chi connectivity index (χ1) is 18.9. The van der Waals surface area contributed by atoms with Crippen LogP contribution in [0, 0.1) is 5.92 Å². The van der Waals surface area contributed by atoms with Gasteiger partial charge in [-0.1, -0.05) is 77.1 Å². The third-order valence-electron chi connectivity index (χ3n) is 6.74.